The molecule has 0 saturated heterocycles. The minimum absolute atomic E-state index is 0.124. The van der Waals surface area contributed by atoms with Crippen molar-refractivity contribution in [1.29, 1.82) is 0 Å². The van der Waals surface area contributed by atoms with E-state index in [1.165, 1.54) is 6.92 Å². The van der Waals surface area contributed by atoms with Crippen molar-refractivity contribution in [3.63, 3.8) is 0 Å². The molecule has 0 saturated carbocycles. The molecule has 0 bridgehead atoms. The fourth-order valence-electron chi connectivity index (χ4n) is 2.35. The van der Waals surface area contributed by atoms with Crippen LogP contribution in [0.5, 0.6) is 0 Å². The first-order chi connectivity index (χ1) is 13.3. The first kappa shape index (κ1) is 19.6. The van der Waals surface area contributed by atoms with E-state index in [0.717, 1.165) is 28.5 Å². The number of anilines is 1. The molecule has 0 aliphatic rings. The van der Waals surface area contributed by atoms with Crippen molar-refractivity contribution in [1.82, 2.24) is 10.3 Å². The maximum absolute atomic E-state index is 13.7. The lowest BCUT2D eigenvalue weighted by atomic mass is 10.1. The van der Waals surface area contributed by atoms with Crippen LogP contribution >= 0.6 is 11.3 Å². The highest BCUT2D eigenvalue weighted by atomic mass is 32.1. The predicted molar refractivity (Wildman–Crippen MR) is 99.3 cm³/mol. The van der Waals surface area contributed by atoms with Gasteiger partial charge in [-0.15, -0.1) is 11.3 Å². The Morgan fingerprint density at radius 3 is 2.43 bits per heavy atom. The van der Waals surface area contributed by atoms with E-state index < -0.39 is 28.9 Å². The molecule has 0 aliphatic heterocycles. The van der Waals surface area contributed by atoms with Gasteiger partial charge in [-0.3, -0.25) is 14.9 Å². The van der Waals surface area contributed by atoms with Gasteiger partial charge >= 0.3 is 0 Å². The summed E-state index contributed by atoms with van der Waals surface area (Å²) in [7, 11) is 0. The number of hydrogen-bond acceptors (Lipinski definition) is 4. The lowest BCUT2D eigenvalue weighted by Gasteiger charge is -2.05. The highest BCUT2D eigenvalue weighted by Crippen LogP contribution is 2.26. The first-order valence-electron chi connectivity index (χ1n) is 8.09. The number of nitrogens with zero attached hydrogens (tertiary/aromatic N) is 1. The molecule has 1 aromatic heterocycles. The standard InChI is InChI=1S/C19H14F3N3O2S/c1-10(26)23-8-11-2-4-12(5-3-11)15-9-28-19(24-15)25-18(27)13-6-7-14(20)17(22)16(13)21/h2-7,9H,8H2,1H3,(H,23,26)(H,24,25,27). The van der Waals surface area contributed by atoms with Gasteiger partial charge in [0.15, 0.2) is 22.6 Å². The lowest BCUT2D eigenvalue weighted by Crippen LogP contribution is -2.18. The molecule has 2 N–H and O–H groups in total. The average molecular weight is 405 g/mol. The Bertz CT molecular complexity index is 1040. The minimum atomic E-state index is -1.70. The van der Waals surface area contributed by atoms with Crippen LogP contribution in [0, 0.1) is 17.5 Å². The van der Waals surface area contributed by atoms with E-state index in [9.17, 15) is 22.8 Å². The van der Waals surface area contributed by atoms with Gasteiger partial charge in [0.05, 0.1) is 11.3 Å². The van der Waals surface area contributed by atoms with E-state index in [0.29, 0.717) is 18.3 Å². The predicted octanol–water partition coefficient (Wildman–Crippen LogP) is 4.12. The monoisotopic (exact) mass is 405 g/mol. The second kappa shape index (κ2) is 8.22. The van der Waals surface area contributed by atoms with Crippen molar-refractivity contribution in [3.05, 3.63) is 70.4 Å². The SMILES string of the molecule is CC(=O)NCc1ccc(-c2csc(NC(=O)c3ccc(F)c(F)c3F)n2)cc1. The summed E-state index contributed by atoms with van der Waals surface area (Å²) in [5, 5.41) is 6.95. The van der Waals surface area contributed by atoms with Crippen molar-refractivity contribution >= 4 is 28.3 Å². The summed E-state index contributed by atoms with van der Waals surface area (Å²) < 4.78 is 40.0. The quantitative estimate of drug-likeness (QED) is 0.628. The molecule has 0 aliphatic carbocycles. The van der Waals surface area contributed by atoms with Crippen LogP contribution in [-0.2, 0) is 11.3 Å². The fraction of sp³-hybridized carbons (Fsp3) is 0.105. The Balaban J connectivity index is 1.71. The van der Waals surface area contributed by atoms with Gasteiger partial charge in [-0.25, -0.2) is 18.2 Å². The Hall–Kier alpha value is -3.20. The molecule has 0 spiro atoms. The summed E-state index contributed by atoms with van der Waals surface area (Å²) in [5.41, 5.74) is 1.66. The maximum atomic E-state index is 13.7. The highest BCUT2D eigenvalue weighted by Gasteiger charge is 2.19. The maximum Gasteiger partial charge on any atom is 0.260 e. The number of benzene rings is 2. The van der Waals surface area contributed by atoms with Crippen molar-refractivity contribution < 1.29 is 22.8 Å². The van der Waals surface area contributed by atoms with Crippen LogP contribution in [-0.4, -0.2) is 16.8 Å². The highest BCUT2D eigenvalue weighted by molar-refractivity contribution is 7.14. The summed E-state index contributed by atoms with van der Waals surface area (Å²) in [6, 6.07) is 8.84. The van der Waals surface area contributed by atoms with Gasteiger partial charge in [0.1, 0.15) is 0 Å². The zero-order valence-corrected chi connectivity index (χ0v) is 15.4. The smallest absolute Gasteiger partial charge is 0.260 e. The largest absolute Gasteiger partial charge is 0.352 e. The topological polar surface area (TPSA) is 71.1 Å². The second-order valence-electron chi connectivity index (χ2n) is 5.82. The molecule has 5 nitrogen and oxygen atoms in total. The van der Waals surface area contributed by atoms with E-state index in [2.05, 4.69) is 15.6 Å². The van der Waals surface area contributed by atoms with Crippen molar-refractivity contribution in [2.75, 3.05) is 5.32 Å². The molecule has 144 valence electrons. The van der Waals surface area contributed by atoms with Crippen LogP contribution in [0.4, 0.5) is 18.3 Å². The minimum Gasteiger partial charge on any atom is -0.352 e. The van der Waals surface area contributed by atoms with E-state index in [4.69, 9.17) is 0 Å². The number of carbonyl (C=O) groups is 2. The summed E-state index contributed by atoms with van der Waals surface area (Å²) in [6.07, 6.45) is 0. The van der Waals surface area contributed by atoms with Crippen molar-refractivity contribution in [3.8, 4) is 11.3 Å². The lowest BCUT2D eigenvalue weighted by molar-refractivity contribution is -0.119. The third-order valence-electron chi connectivity index (χ3n) is 3.80. The van der Waals surface area contributed by atoms with E-state index in [-0.39, 0.29) is 11.0 Å². The number of nitrogens with one attached hydrogen (secondary N) is 2. The van der Waals surface area contributed by atoms with Crippen LogP contribution in [0.15, 0.2) is 41.8 Å². The number of amides is 2. The molecule has 3 rings (SSSR count). The molecular formula is C19H14F3N3O2S. The molecule has 0 unspecified atom stereocenters. The number of halogens is 3. The van der Waals surface area contributed by atoms with E-state index in [1.54, 1.807) is 5.38 Å². The van der Waals surface area contributed by atoms with Gasteiger partial charge in [0.25, 0.3) is 5.91 Å². The van der Waals surface area contributed by atoms with Crippen molar-refractivity contribution in [2.24, 2.45) is 0 Å². The summed E-state index contributed by atoms with van der Waals surface area (Å²) in [5.74, 6) is -5.67. The van der Waals surface area contributed by atoms with Gasteiger partial charge in [-0.1, -0.05) is 24.3 Å². The summed E-state index contributed by atoms with van der Waals surface area (Å²) >= 11 is 1.11. The van der Waals surface area contributed by atoms with Gasteiger partial charge in [-0.05, 0) is 17.7 Å². The Morgan fingerprint density at radius 2 is 1.75 bits per heavy atom. The molecule has 2 aromatic carbocycles. The number of hydrogen-bond donors (Lipinski definition) is 2. The first-order valence-corrected chi connectivity index (χ1v) is 8.97. The molecule has 0 radical (unpaired) electrons. The molecule has 0 fully saturated rings. The molecule has 2 amide bonds. The van der Waals surface area contributed by atoms with Crippen LogP contribution in [0.2, 0.25) is 0 Å². The number of carbonyl (C=O) groups excluding carboxylic acids is 2. The van der Waals surface area contributed by atoms with Crippen LogP contribution in [0.25, 0.3) is 11.3 Å². The Kier molecular flexibility index (Phi) is 5.74. The molecular weight excluding hydrogens is 391 g/mol. The number of thiazole rings is 1. The van der Waals surface area contributed by atoms with Gasteiger partial charge in [0.2, 0.25) is 5.91 Å². The van der Waals surface area contributed by atoms with Crippen LogP contribution in [0.1, 0.15) is 22.8 Å². The van der Waals surface area contributed by atoms with Crippen LogP contribution < -0.4 is 10.6 Å². The van der Waals surface area contributed by atoms with Gasteiger partial charge in [0, 0.05) is 24.4 Å². The zero-order chi connectivity index (χ0) is 20.3. The zero-order valence-electron chi connectivity index (χ0n) is 14.6. The van der Waals surface area contributed by atoms with Crippen molar-refractivity contribution in [2.45, 2.75) is 13.5 Å². The fourth-order valence-corrected chi connectivity index (χ4v) is 3.06. The Labute approximate surface area is 162 Å². The second-order valence-corrected chi connectivity index (χ2v) is 6.68. The van der Waals surface area contributed by atoms with Gasteiger partial charge in [-0.2, -0.15) is 0 Å². The van der Waals surface area contributed by atoms with E-state index >= 15 is 0 Å². The summed E-state index contributed by atoms with van der Waals surface area (Å²) in [6.45, 7) is 1.85. The van der Waals surface area contributed by atoms with Gasteiger partial charge < -0.3 is 5.32 Å². The summed E-state index contributed by atoms with van der Waals surface area (Å²) in [4.78, 5) is 27.3. The number of rotatable bonds is 5. The molecule has 3 aromatic rings. The van der Waals surface area contributed by atoms with E-state index in [1.807, 2.05) is 24.3 Å². The Morgan fingerprint density at radius 1 is 1.04 bits per heavy atom. The third-order valence-corrected chi connectivity index (χ3v) is 4.55. The number of aromatic nitrogens is 1. The third kappa shape index (κ3) is 4.37. The molecule has 1 heterocycles. The normalized spacial score (nSPS) is 10.6. The molecule has 28 heavy (non-hydrogen) atoms. The molecule has 0 atom stereocenters. The van der Waals surface area contributed by atoms with Crippen LogP contribution in [0.3, 0.4) is 0 Å². The average Bonchev–Trinajstić information content (AvgIpc) is 3.13. The molecule has 9 heteroatoms.